The minimum atomic E-state index is -0.648. The molecule has 1 aromatic heterocycles. The second-order valence-corrected chi connectivity index (χ2v) is 3.99. The van der Waals surface area contributed by atoms with Crippen LogP contribution in [-0.2, 0) is 0 Å². The third kappa shape index (κ3) is 2.54. The van der Waals surface area contributed by atoms with Crippen molar-refractivity contribution in [3.8, 4) is 11.8 Å². The van der Waals surface area contributed by atoms with E-state index in [0.29, 0.717) is 11.1 Å². The van der Waals surface area contributed by atoms with E-state index in [0.717, 1.165) is 5.69 Å². The number of halogens is 2. The predicted octanol–water partition coefficient (Wildman–Crippen LogP) is 3.38. The number of hydrogen-bond acceptors (Lipinski definition) is 1. The van der Waals surface area contributed by atoms with Crippen molar-refractivity contribution in [2.75, 3.05) is 0 Å². The second kappa shape index (κ2) is 4.97. The minimum absolute atomic E-state index is 0.199. The van der Waals surface area contributed by atoms with Crippen LogP contribution >= 0.6 is 0 Å². The third-order valence-corrected chi connectivity index (χ3v) is 2.53. The first-order valence-electron chi connectivity index (χ1n) is 5.47. The topological polar surface area (TPSA) is 12.9 Å². The van der Waals surface area contributed by atoms with Gasteiger partial charge in [0.15, 0.2) is 0 Å². The summed E-state index contributed by atoms with van der Waals surface area (Å²) in [6.07, 6.45) is 1.58. The van der Waals surface area contributed by atoms with Gasteiger partial charge in [-0.25, -0.2) is 8.78 Å². The van der Waals surface area contributed by atoms with Crippen LogP contribution in [0.15, 0.2) is 30.5 Å². The second-order valence-electron chi connectivity index (χ2n) is 3.99. The Labute approximate surface area is 104 Å². The van der Waals surface area contributed by atoms with Crippen molar-refractivity contribution < 1.29 is 8.78 Å². The highest BCUT2D eigenvalue weighted by Crippen LogP contribution is 2.15. The van der Waals surface area contributed by atoms with Gasteiger partial charge in [0.25, 0.3) is 0 Å². The molecule has 0 atom stereocenters. The highest BCUT2D eigenvalue weighted by molar-refractivity contribution is 5.44. The summed E-state index contributed by atoms with van der Waals surface area (Å²) in [6.45, 7) is 3.44. The molecule has 0 fully saturated rings. The fraction of sp³-hybridized carbons (Fsp3) is 0.133. The standard InChI is InChI=1S/C15H11F2N/c1-10-3-8-14(16)13(15(10)17)7-6-12-5-4-11(2)18-9-12/h3-5,8-9H,1-2H3. The number of rotatable bonds is 0. The van der Waals surface area contributed by atoms with Gasteiger partial charge in [-0.15, -0.1) is 0 Å². The Hall–Kier alpha value is -2.21. The number of hydrogen-bond donors (Lipinski definition) is 0. The number of benzene rings is 1. The molecule has 0 aliphatic carbocycles. The van der Waals surface area contributed by atoms with Gasteiger partial charge in [0, 0.05) is 17.5 Å². The molecule has 2 rings (SSSR count). The van der Waals surface area contributed by atoms with Crippen molar-refractivity contribution in [3.63, 3.8) is 0 Å². The Morgan fingerprint density at radius 3 is 2.44 bits per heavy atom. The smallest absolute Gasteiger partial charge is 0.144 e. The Kier molecular flexibility index (Phi) is 3.38. The van der Waals surface area contributed by atoms with Gasteiger partial charge in [0.2, 0.25) is 0 Å². The summed E-state index contributed by atoms with van der Waals surface area (Å²) in [5, 5.41) is 0. The summed E-state index contributed by atoms with van der Waals surface area (Å²) < 4.78 is 27.1. The quantitative estimate of drug-likeness (QED) is 0.646. The van der Waals surface area contributed by atoms with Crippen molar-refractivity contribution in [2.45, 2.75) is 13.8 Å². The van der Waals surface area contributed by atoms with Crippen LogP contribution in [0.25, 0.3) is 0 Å². The van der Waals surface area contributed by atoms with Crippen LogP contribution in [0.4, 0.5) is 8.78 Å². The molecule has 1 heterocycles. The van der Waals surface area contributed by atoms with E-state index in [2.05, 4.69) is 16.8 Å². The van der Waals surface area contributed by atoms with Crippen LogP contribution in [0.1, 0.15) is 22.4 Å². The number of aryl methyl sites for hydroxylation is 2. The summed E-state index contributed by atoms with van der Waals surface area (Å²) in [5.41, 5.74) is 1.67. The molecule has 0 amide bonds. The zero-order valence-electron chi connectivity index (χ0n) is 10.1. The van der Waals surface area contributed by atoms with E-state index in [1.807, 2.05) is 6.92 Å². The minimum Gasteiger partial charge on any atom is -0.260 e. The highest BCUT2D eigenvalue weighted by atomic mass is 19.1. The lowest BCUT2D eigenvalue weighted by Gasteiger charge is -2.00. The SMILES string of the molecule is Cc1ccc(C#Cc2c(F)ccc(C)c2F)cn1. The molecule has 90 valence electrons. The Balaban J connectivity index is 2.41. The first-order chi connectivity index (χ1) is 8.58. The lowest BCUT2D eigenvalue weighted by molar-refractivity contribution is 0.571. The van der Waals surface area contributed by atoms with Crippen LogP contribution in [0.3, 0.4) is 0 Å². The summed E-state index contributed by atoms with van der Waals surface area (Å²) >= 11 is 0. The molecule has 0 bridgehead atoms. The molecule has 3 heteroatoms. The summed E-state index contributed by atoms with van der Waals surface area (Å²) in [7, 11) is 0. The molecule has 1 aromatic carbocycles. The maximum atomic E-state index is 13.7. The van der Waals surface area contributed by atoms with Gasteiger partial charge in [-0.1, -0.05) is 17.9 Å². The fourth-order valence-corrected chi connectivity index (χ4v) is 1.45. The monoisotopic (exact) mass is 243 g/mol. The molecule has 2 aromatic rings. The number of nitrogens with zero attached hydrogens (tertiary/aromatic N) is 1. The lowest BCUT2D eigenvalue weighted by atomic mass is 10.1. The molecule has 18 heavy (non-hydrogen) atoms. The van der Waals surface area contributed by atoms with E-state index in [-0.39, 0.29) is 5.56 Å². The van der Waals surface area contributed by atoms with Gasteiger partial charge in [-0.3, -0.25) is 4.98 Å². The predicted molar refractivity (Wildman–Crippen MR) is 66.0 cm³/mol. The van der Waals surface area contributed by atoms with E-state index >= 15 is 0 Å². The van der Waals surface area contributed by atoms with Gasteiger partial charge >= 0.3 is 0 Å². The maximum Gasteiger partial charge on any atom is 0.144 e. The molecule has 0 saturated carbocycles. The summed E-state index contributed by atoms with van der Waals surface area (Å²) in [4.78, 5) is 4.06. The summed E-state index contributed by atoms with van der Waals surface area (Å²) in [6, 6.07) is 6.17. The van der Waals surface area contributed by atoms with E-state index in [1.165, 1.54) is 12.1 Å². The maximum absolute atomic E-state index is 13.7. The van der Waals surface area contributed by atoms with Crippen molar-refractivity contribution >= 4 is 0 Å². The van der Waals surface area contributed by atoms with E-state index in [4.69, 9.17) is 0 Å². The average Bonchev–Trinajstić information content (AvgIpc) is 2.36. The molecular weight excluding hydrogens is 232 g/mol. The largest absolute Gasteiger partial charge is 0.260 e. The van der Waals surface area contributed by atoms with E-state index < -0.39 is 11.6 Å². The van der Waals surface area contributed by atoms with Gasteiger partial charge in [0.1, 0.15) is 11.6 Å². The normalized spacial score (nSPS) is 9.78. The van der Waals surface area contributed by atoms with Crippen molar-refractivity contribution in [2.24, 2.45) is 0 Å². The molecule has 0 aliphatic rings. The third-order valence-electron chi connectivity index (χ3n) is 2.53. The van der Waals surface area contributed by atoms with Crippen molar-refractivity contribution in [1.82, 2.24) is 4.98 Å². The molecule has 0 saturated heterocycles. The summed E-state index contributed by atoms with van der Waals surface area (Å²) in [5.74, 6) is 3.97. The van der Waals surface area contributed by atoms with Gasteiger partial charge in [-0.2, -0.15) is 0 Å². The number of aromatic nitrogens is 1. The molecule has 1 nitrogen and oxygen atoms in total. The zero-order chi connectivity index (χ0) is 13.1. The molecule has 0 spiro atoms. The van der Waals surface area contributed by atoms with Crippen LogP contribution in [0.5, 0.6) is 0 Å². The van der Waals surface area contributed by atoms with Gasteiger partial charge in [0.05, 0.1) is 5.56 Å². The number of pyridine rings is 1. The Morgan fingerprint density at radius 2 is 1.78 bits per heavy atom. The van der Waals surface area contributed by atoms with E-state index in [1.54, 1.807) is 25.3 Å². The van der Waals surface area contributed by atoms with Crippen molar-refractivity contribution in [3.05, 3.63) is 64.5 Å². The van der Waals surface area contributed by atoms with Crippen LogP contribution < -0.4 is 0 Å². The molecule has 0 unspecified atom stereocenters. The average molecular weight is 243 g/mol. The fourth-order valence-electron chi connectivity index (χ4n) is 1.45. The molecular formula is C15H11F2N. The van der Waals surface area contributed by atoms with E-state index in [9.17, 15) is 8.78 Å². The van der Waals surface area contributed by atoms with Gasteiger partial charge < -0.3 is 0 Å². The van der Waals surface area contributed by atoms with Crippen LogP contribution in [-0.4, -0.2) is 4.98 Å². The Morgan fingerprint density at radius 1 is 1.00 bits per heavy atom. The molecule has 0 N–H and O–H groups in total. The Bertz CT molecular complexity index is 634. The molecule has 0 radical (unpaired) electrons. The first kappa shape index (κ1) is 12.3. The van der Waals surface area contributed by atoms with Gasteiger partial charge in [-0.05, 0) is 37.6 Å². The zero-order valence-corrected chi connectivity index (χ0v) is 10.1. The molecule has 0 aliphatic heterocycles. The van der Waals surface area contributed by atoms with Crippen molar-refractivity contribution in [1.29, 1.82) is 0 Å². The lowest BCUT2D eigenvalue weighted by Crippen LogP contribution is -1.93. The van der Waals surface area contributed by atoms with Crippen LogP contribution in [0, 0.1) is 37.3 Å². The first-order valence-corrected chi connectivity index (χ1v) is 5.47. The highest BCUT2D eigenvalue weighted by Gasteiger charge is 2.08. The van der Waals surface area contributed by atoms with Crippen LogP contribution in [0.2, 0.25) is 0 Å².